The smallest absolute Gasteiger partial charge is 0.313 e. The lowest BCUT2D eigenvalue weighted by molar-refractivity contribution is -0.142. The number of carbonyl (C=O) groups excluding carboxylic acids is 1. The van der Waals surface area contributed by atoms with Crippen LogP contribution in [0.15, 0.2) is 6.20 Å². The molecule has 2 atom stereocenters. The van der Waals surface area contributed by atoms with Crippen molar-refractivity contribution >= 4 is 11.8 Å². The fraction of sp³-hybridized carbons (Fsp3) is 0.636. The highest BCUT2D eigenvalue weighted by atomic mass is 16.5. The molecular weight excluding hydrogens is 206 g/mol. The molecule has 0 saturated carbocycles. The van der Waals surface area contributed by atoms with Crippen LogP contribution in [0, 0.1) is 0 Å². The van der Waals surface area contributed by atoms with Crippen molar-refractivity contribution in [1.29, 1.82) is 0 Å². The van der Waals surface area contributed by atoms with Crippen molar-refractivity contribution in [3.63, 3.8) is 0 Å². The topological polar surface area (TPSA) is 56.2 Å². The molecule has 1 aromatic rings. The lowest BCUT2D eigenvalue weighted by atomic mass is 9.91. The molecule has 5 nitrogen and oxygen atoms in total. The lowest BCUT2D eigenvalue weighted by Gasteiger charge is -2.27. The molecule has 1 aromatic heterocycles. The van der Waals surface area contributed by atoms with Gasteiger partial charge in [-0.2, -0.15) is 5.10 Å². The molecule has 0 unspecified atom stereocenters. The van der Waals surface area contributed by atoms with E-state index in [0.29, 0.717) is 0 Å². The van der Waals surface area contributed by atoms with Gasteiger partial charge in [0.2, 0.25) is 0 Å². The van der Waals surface area contributed by atoms with E-state index in [0.717, 1.165) is 24.3 Å². The predicted molar refractivity (Wildman–Crippen MR) is 60.4 cm³/mol. The zero-order chi connectivity index (χ0) is 11.7. The second kappa shape index (κ2) is 4.15. The first kappa shape index (κ1) is 11.0. The number of aromatic nitrogens is 2. The maximum Gasteiger partial charge on any atom is 0.313 e. The van der Waals surface area contributed by atoms with Gasteiger partial charge in [0, 0.05) is 18.2 Å². The number of ether oxygens (including phenoxy) is 1. The molecule has 2 heterocycles. The summed E-state index contributed by atoms with van der Waals surface area (Å²) in [5.41, 5.74) is 0.951. The molecule has 1 aliphatic heterocycles. The van der Waals surface area contributed by atoms with E-state index in [4.69, 9.17) is 4.74 Å². The Hall–Kier alpha value is -1.52. The summed E-state index contributed by atoms with van der Waals surface area (Å²) in [5, 5.41) is 7.63. The zero-order valence-corrected chi connectivity index (χ0v) is 9.86. The summed E-state index contributed by atoms with van der Waals surface area (Å²) in [5.74, 6) is 0.596. The van der Waals surface area contributed by atoms with Crippen LogP contribution in [0.3, 0.4) is 0 Å². The van der Waals surface area contributed by atoms with Crippen LogP contribution in [0.4, 0.5) is 5.82 Å². The van der Waals surface area contributed by atoms with Gasteiger partial charge >= 0.3 is 5.97 Å². The van der Waals surface area contributed by atoms with Gasteiger partial charge in [-0.15, -0.1) is 0 Å². The largest absolute Gasteiger partial charge is 0.469 e. The molecule has 0 radical (unpaired) electrons. The molecule has 5 heteroatoms. The molecule has 16 heavy (non-hydrogen) atoms. The maximum atomic E-state index is 11.7. The van der Waals surface area contributed by atoms with Gasteiger partial charge in [-0.1, -0.05) is 0 Å². The first-order valence-electron chi connectivity index (χ1n) is 5.57. The van der Waals surface area contributed by atoms with Gasteiger partial charge in [-0.05, 0) is 20.3 Å². The third-order valence-electron chi connectivity index (χ3n) is 3.00. The van der Waals surface area contributed by atoms with Gasteiger partial charge in [0.25, 0.3) is 0 Å². The minimum atomic E-state index is -0.184. The summed E-state index contributed by atoms with van der Waals surface area (Å²) in [6, 6.07) is 0.263. The van der Waals surface area contributed by atoms with Gasteiger partial charge < -0.3 is 10.1 Å². The van der Waals surface area contributed by atoms with E-state index in [-0.39, 0.29) is 17.9 Å². The van der Waals surface area contributed by atoms with Crippen molar-refractivity contribution in [1.82, 2.24) is 9.78 Å². The van der Waals surface area contributed by atoms with Crippen molar-refractivity contribution in [2.45, 2.75) is 38.8 Å². The molecule has 0 bridgehead atoms. The van der Waals surface area contributed by atoms with E-state index in [1.54, 1.807) is 6.20 Å². The van der Waals surface area contributed by atoms with Crippen molar-refractivity contribution in [2.24, 2.45) is 0 Å². The van der Waals surface area contributed by atoms with Crippen LogP contribution >= 0.6 is 0 Å². The zero-order valence-electron chi connectivity index (χ0n) is 9.86. The molecule has 0 amide bonds. The Labute approximate surface area is 94.8 Å². The van der Waals surface area contributed by atoms with E-state index in [1.165, 1.54) is 7.11 Å². The highest BCUT2D eigenvalue weighted by molar-refractivity contribution is 5.81. The number of rotatable bonds is 2. The van der Waals surface area contributed by atoms with Gasteiger partial charge in [0.05, 0.1) is 19.2 Å². The van der Waals surface area contributed by atoms with Crippen LogP contribution in [0.25, 0.3) is 0 Å². The number of aryl methyl sites for hydroxylation is 1. The van der Waals surface area contributed by atoms with Gasteiger partial charge in [0.1, 0.15) is 5.82 Å². The third kappa shape index (κ3) is 1.66. The minimum Gasteiger partial charge on any atom is -0.469 e. The van der Waals surface area contributed by atoms with E-state index in [1.807, 2.05) is 11.6 Å². The summed E-state index contributed by atoms with van der Waals surface area (Å²) in [6.07, 6.45) is 2.52. The Bertz CT molecular complexity index is 400. The average molecular weight is 223 g/mol. The van der Waals surface area contributed by atoms with Crippen LogP contribution in [0.5, 0.6) is 0 Å². The number of fused-ring (bicyclic) bond motifs is 1. The third-order valence-corrected chi connectivity index (χ3v) is 3.00. The number of hydrogen-bond acceptors (Lipinski definition) is 4. The molecule has 1 aliphatic rings. The van der Waals surface area contributed by atoms with E-state index >= 15 is 0 Å². The van der Waals surface area contributed by atoms with E-state index < -0.39 is 0 Å². The molecule has 88 valence electrons. The minimum absolute atomic E-state index is 0.176. The quantitative estimate of drug-likeness (QED) is 0.769. The average Bonchev–Trinajstić information content (AvgIpc) is 2.69. The van der Waals surface area contributed by atoms with E-state index in [9.17, 15) is 4.79 Å². The van der Waals surface area contributed by atoms with Gasteiger partial charge in [0.15, 0.2) is 0 Å². The molecule has 0 fully saturated rings. The standard InChI is InChI=1S/C11H17N3O2/c1-4-14-10-9(6-12-14)8(11(15)16-3)5-7(2)13-10/h6-8,13H,4-5H2,1-3H3/t7-,8-/m1/s1. The number of hydrogen-bond donors (Lipinski definition) is 1. The fourth-order valence-electron chi connectivity index (χ4n) is 2.19. The predicted octanol–water partition coefficient (Wildman–Crippen LogP) is 1.36. The van der Waals surface area contributed by atoms with E-state index in [2.05, 4.69) is 17.3 Å². The number of methoxy groups -OCH3 is 1. The second-order valence-electron chi connectivity index (χ2n) is 4.12. The Morgan fingerprint density at radius 1 is 1.75 bits per heavy atom. The van der Waals surface area contributed by atoms with Crippen LogP contribution in [0.2, 0.25) is 0 Å². The molecular formula is C11H17N3O2. The summed E-state index contributed by atoms with van der Waals surface area (Å²) in [6.45, 7) is 4.89. The molecule has 0 saturated heterocycles. The van der Waals surface area contributed by atoms with Crippen molar-refractivity contribution in [3.05, 3.63) is 11.8 Å². The highest BCUT2D eigenvalue weighted by Crippen LogP contribution is 2.34. The van der Waals surface area contributed by atoms with Crippen LogP contribution in [-0.4, -0.2) is 28.9 Å². The molecule has 0 spiro atoms. The van der Waals surface area contributed by atoms with Crippen LogP contribution < -0.4 is 5.32 Å². The number of anilines is 1. The Kier molecular flexibility index (Phi) is 2.85. The highest BCUT2D eigenvalue weighted by Gasteiger charge is 2.33. The van der Waals surface area contributed by atoms with Crippen molar-refractivity contribution in [3.8, 4) is 0 Å². The Balaban J connectivity index is 2.39. The monoisotopic (exact) mass is 223 g/mol. The summed E-state index contributed by atoms with van der Waals surface area (Å²) < 4.78 is 6.71. The summed E-state index contributed by atoms with van der Waals surface area (Å²) in [7, 11) is 1.43. The molecule has 2 rings (SSSR count). The second-order valence-corrected chi connectivity index (χ2v) is 4.12. The number of nitrogens with one attached hydrogen (secondary N) is 1. The van der Waals surface area contributed by atoms with Crippen molar-refractivity contribution in [2.75, 3.05) is 12.4 Å². The SMILES string of the molecule is CCn1ncc2c1N[C@H](C)C[C@H]2C(=O)OC. The Morgan fingerprint density at radius 2 is 2.50 bits per heavy atom. The summed E-state index contributed by atoms with van der Waals surface area (Å²) >= 11 is 0. The van der Waals surface area contributed by atoms with Gasteiger partial charge in [-0.25, -0.2) is 4.68 Å². The number of nitrogens with zero attached hydrogens (tertiary/aromatic N) is 2. The maximum absolute atomic E-state index is 11.7. The molecule has 1 N–H and O–H groups in total. The first-order valence-corrected chi connectivity index (χ1v) is 5.57. The number of carbonyl (C=O) groups is 1. The number of esters is 1. The van der Waals surface area contributed by atoms with Crippen molar-refractivity contribution < 1.29 is 9.53 Å². The normalized spacial score (nSPS) is 23.4. The van der Waals surface area contributed by atoms with Crippen LogP contribution in [-0.2, 0) is 16.1 Å². The van der Waals surface area contributed by atoms with Gasteiger partial charge in [-0.3, -0.25) is 4.79 Å². The summed E-state index contributed by atoms with van der Waals surface area (Å²) in [4.78, 5) is 11.7. The lowest BCUT2D eigenvalue weighted by Crippen LogP contribution is -2.30. The Morgan fingerprint density at radius 3 is 3.12 bits per heavy atom. The fourth-order valence-corrected chi connectivity index (χ4v) is 2.19. The molecule has 0 aliphatic carbocycles. The molecule has 0 aromatic carbocycles. The van der Waals surface area contributed by atoms with Crippen LogP contribution in [0.1, 0.15) is 31.7 Å². The first-order chi connectivity index (χ1) is 7.67.